The molecule has 0 aromatic heterocycles. The van der Waals surface area contributed by atoms with Crippen molar-refractivity contribution in [2.75, 3.05) is 0 Å². The summed E-state index contributed by atoms with van der Waals surface area (Å²) in [6.07, 6.45) is -4.98. The molecule has 0 saturated heterocycles. The molecule has 0 amide bonds. The highest BCUT2D eigenvalue weighted by molar-refractivity contribution is 5.36. The minimum Gasteiger partial charge on any atom is -0.403 e. The zero-order chi connectivity index (χ0) is 15.6. The van der Waals surface area contributed by atoms with Gasteiger partial charge >= 0.3 is 6.36 Å². The van der Waals surface area contributed by atoms with Crippen molar-refractivity contribution in [3.8, 4) is 5.75 Å². The molecule has 0 spiro atoms. The first-order valence-corrected chi connectivity index (χ1v) is 5.82. The van der Waals surface area contributed by atoms with E-state index in [2.05, 4.69) is 4.74 Å². The van der Waals surface area contributed by atoms with Gasteiger partial charge in [0.05, 0.1) is 6.04 Å². The summed E-state index contributed by atoms with van der Waals surface area (Å²) in [6.45, 7) is 0. The van der Waals surface area contributed by atoms with E-state index in [9.17, 15) is 22.0 Å². The molecule has 7 heteroatoms. The SMILES string of the molecule is NC(c1cccc(F)c1)c1ccc(OC(F)(F)F)c(F)c1. The van der Waals surface area contributed by atoms with Gasteiger partial charge in [0.1, 0.15) is 5.82 Å². The Hall–Kier alpha value is -2.15. The van der Waals surface area contributed by atoms with Crippen LogP contribution < -0.4 is 10.5 Å². The van der Waals surface area contributed by atoms with Crippen molar-refractivity contribution in [2.45, 2.75) is 12.4 Å². The molecular weight excluding hydrogens is 293 g/mol. The van der Waals surface area contributed by atoms with Crippen LogP contribution in [0.1, 0.15) is 17.2 Å². The van der Waals surface area contributed by atoms with Crippen LogP contribution >= 0.6 is 0 Å². The predicted molar refractivity (Wildman–Crippen MR) is 65.5 cm³/mol. The van der Waals surface area contributed by atoms with Crippen LogP contribution in [0.3, 0.4) is 0 Å². The predicted octanol–water partition coefficient (Wildman–Crippen LogP) is 3.91. The van der Waals surface area contributed by atoms with E-state index in [1.807, 2.05) is 0 Å². The van der Waals surface area contributed by atoms with E-state index in [4.69, 9.17) is 5.73 Å². The van der Waals surface area contributed by atoms with Gasteiger partial charge in [0.2, 0.25) is 0 Å². The summed E-state index contributed by atoms with van der Waals surface area (Å²) in [6, 6.07) is 7.34. The summed E-state index contributed by atoms with van der Waals surface area (Å²) in [5, 5.41) is 0. The number of halogens is 5. The number of ether oxygens (including phenoxy) is 1. The zero-order valence-corrected chi connectivity index (χ0v) is 10.5. The van der Waals surface area contributed by atoms with E-state index in [0.717, 1.165) is 12.1 Å². The van der Waals surface area contributed by atoms with Crippen LogP contribution in [0.25, 0.3) is 0 Å². The largest absolute Gasteiger partial charge is 0.573 e. The summed E-state index contributed by atoms with van der Waals surface area (Å²) in [7, 11) is 0. The molecule has 1 unspecified atom stereocenters. The topological polar surface area (TPSA) is 35.2 Å². The van der Waals surface area contributed by atoms with Gasteiger partial charge in [-0.25, -0.2) is 8.78 Å². The molecule has 0 aliphatic rings. The lowest BCUT2D eigenvalue weighted by atomic mass is 9.99. The Labute approximate surface area is 116 Å². The van der Waals surface area contributed by atoms with Crippen molar-refractivity contribution in [1.29, 1.82) is 0 Å². The average Bonchev–Trinajstić information content (AvgIpc) is 2.39. The fourth-order valence-corrected chi connectivity index (χ4v) is 1.81. The molecule has 0 saturated carbocycles. The van der Waals surface area contributed by atoms with Crippen LogP contribution in [-0.4, -0.2) is 6.36 Å². The smallest absolute Gasteiger partial charge is 0.403 e. The van der Waals surface area contributed by atoms with E-state index in [1.54, 1.807) is 0 Å². The Bertz CT molecular complexity index is 642. The minimum absolute atomic E-state index is 0.202. The van der Waals surface area contributed by atoms with Crippen LogP contribution in [-0.2, 0) is 0 Å². The lowest BCUT2D eigenvalue weighted by Gasteiger charge is -2.15. The fourth-order valence-electron chi connectivity index (χ4n) is 1.81. The second-order valence-corrected chi connectivity index (χ2v) is 4.27. The van der Waals surface area contributed by atoms with Gasteiger partial charge in [-0.1, -0.05) is 18.2 Å². The number of nitrogens with two attached hydrogens (primary N) is 1. The molecule has 2 aromatic carbocycles. The first kappa shape index (κ1) is 15.2. The molecule has 0 radical (unpaired) electrons. The Balaban J connectivity index is 2.27. The van der Waals surface area contributed by atoms with Crippen molar-refractivity contribution < 1.29 is 26.7 Å². The summed E-state index contributed by atoms with van der Waals surface area (Å²) < 4.78 is 66.3. The number of hydrogen-bond acceptors (Lipinski definition) is 2. The normalized spacial score (nSPS) is 13.0. The maximum absolute atomic E-state index is 13.6. The van der Waals surface area contributed by atoms with Crippen LogP contribution in [0.4, 0.5) is 22.0 Å². The van der Waals surface area contributed by atoms with Gasteiger partial charge in [-0.2, -0.15) is 0 Å². The van der Waals surface area contributed by atoms with E-state index < -0.39 is 29.8 Å². The molecule has 0 aliphatic carbocycles. The summed E-state index contributed by atoms with van der Waals surface area (Å²) >= 11 is 0. The molecule has 112 valence electrons. The molecule has 2 rings (SSSR count). The number of alkyl halides is 3. The van der Waals surface area contributed by atoms with Gasteiger partial charge < -0.3 is 10.5 Å². The standard InChI is InChI=1S/C14H10F5NO/c15-10-3-1-2-8(6-10)13(20)9-4-5-12(11(16)7-9)21-14(17,18)19/h1-7,13H,20H2. The molecule has 2 nitrogen and oxygen atoms in total. The third-order valence-corrected chi connectivity index (χ3v) is 2.75. The third kappa shape index (κ3) is 3.91. The van der Waals surface area contributed by atoms with E-state index >= 15 is 0 Å². The molecular formula is C14H10F5NO. The van der Waals surface area contributed by atoms with Crippen molar-refractivity contribution >= 4 is 0 Å². The van der Waals surface area contributed by atoms with Crippen LogP contribution in [0.15, 0.2) is 42.5 Å². The highest BCUT2D eigenvalue weighted by Gasteiger charge is 2.32. The van der Waals surface area contributed by atoms with Crippen molar-refractivity contribution in [3.63, 3.8) is 0 Å². The van der Waals surface area contributed by atoms with Crippen molar-refractivity contribution in [3.05, 3.63) is 65.2 Å². The maximum atomic E-state index is 13.6. The minimum atomic E-state index is -4.98. The summed E-state index contributed by atoms with van der Waals surface area (Å²) in [4.78, 5) is 0. The third-order valence-electron chi connectivity index (χ3n) is 2.75. The van der Waals surface area contributed by atoms with E-state index in [-0.39, 0.29) is 5.56 Å². The summed E-state index contributed by atoms with van der Waals surface area (Å²) in [5.41, 5.74) is 6.41. The monoisotopic (exact) mass is 303 g/mol. The molecule has 0 heterocycles. The van der Waals surface area contributed by atoms with Crippen LogP contribution in [0.5, 0.6) is 5.75 Å². The molecule has 0 bridgehead atoms. The highest BCUT2D eigenvalue weighted by atomic mass is 19.4. The summed E-state index contributed by atoms with van der Waals surface area (Å²) in [5.74, 6) is -2.66. The number of hydrogen-bond donors (Lipinski definition) is 1. The van der Waals surface area contributed by atoms with Gasteiger partial charge in [-0.3, -0.25) is 0 Å². The quantitative estimate of drug-likeness (QED) is 0.873. The van der Waals surface area contributed by atoms with Crippen LogP contribution in [0, 0.1) is 11.6 Å². The number of rotatable bonds is 3. The first-order valence-electron chi connectivity index (χ1n) is 5.82. The van der Waals surface area contributed by atoms with Gasteiger partial charge in [-0.15, -0.1) is 13.2 Å². The Morgan fingerprint density at radius 2 is 1.62 bits per heavy atom. The molecule has 21 heavy (non-hydrogen) atoms. The molecule has 0 fully saturated rings. The number of benzene rings is 2. The molecule has 0 aliphatic heterocycles. The lowest BCUT2D eigenvalue weighted by Crippen LogP contribution is -2.18. The van der Waals surface area contributed by atoms with Crippen LogP contribution in [0.2, 0.25) is 0 Å². The average molecular weight is 303 g/mol. The van der Waals surface area contributed by atoms with Crippen molar-refractivity contribution in [1.82, 2.24) is 0 Å². The fraction of sp³-hybridized carbons (Fsp3) is 0.143. The van der Waals surface area contributed by atoms with Gasteiger partial charge in [-0.05, 0) is 35.4 Å². The first-order chi connectivity index (χ1) is 9.76. The van der Waals surface area contributed by atoms with E-state index in [0.29, 0.717) is 5.56 Å². The Morgan fingerprint density at radius 1 is 0.952 bits per heavy atom. The Morgan fingerprint density at radius 3 is 2.19 bits per heavy atom. The highest BCUT2D eigenvalue weighted by Crippen LogP contribution is 2.29. The second-order valence-electron chi connectivity index (χ2n) is 4.27. The molecule has 2 aromatic rings. The molecule has 2 N–H and O–H groups in total. The maximum Gasteiger partial charge on any atom is 0.573 e. The molecule has 1 atom stereocenters. The second kappa shape index (κ2) is 5.69. The zero-order valence-electron chi connectivity index (χ0n) is 10.5. The van der Waals surface area contributed by atoms with E-state index in [1.165, 1.54) is 30.3 Å². The van der Waals surface area contributed by atoms with Gasteiger partial charge in [0.15, 0.2) is 11.6 Å². The lowest BCUT2D eigenvalue weighted by molar-refractivity contribution is -0.275. The Kier molecular flexibility index (Phi) is 4.13. The van der Waals surface area contributed by atoms with Gasteiger partial charge in [0.25, 0.3) is 0 Å². The van der Waals surface area contributed by atoms with Crippen molar-refractivity contribution in [2.24, 2.45) is 5.73 Å². The van der Waals surface area contributed by atoms with Gasteiger partial charge in [0, 0.05) is 0 Å².